The number of hydrogen-bond acceptors (Lipinski definition) is 7. The molecule has 2 aliphatic rings. The van der Waals surface area contributed by atoms with Gasteiger partial charge in [0.15, 0.2) is 0 Å². The average Bonchev–Trinajstić information content (AvgIpc) is 3.66. The fraction of sp³-hybridized carbons (Fsp3) is 0.281. The molecule has 1 fully saturated rings. The topological polar surface area (TPSA) is 87.7 Å². The Bertz CT molecular complexity index is 1690. The first-order chi connectivity index (χ1) is 20.8. The molecule has 6 rings (SSSR count). The molecule has 43 heavy (non-hydrogen) atoms. The van der Waals surface area contributed by atoms with Crippen molar-refractivity contribution in [1.82, 2.24) is 24.3 Å². The predicted molar refractivity (Wildman–Crippen MR) is 170 cm³/mol. The highest BCUT2D eigenvalue weighted by Crippen LogP contribution is 2.46. The van der Waals surface area contributed by atoms with E-state index in [0.29, 0.717) is 6.54 Å². The van der Waals surface area contributed by atoms with E-state index < -0.39 is 10.0 Å². The minimum Gasteiger partial charge on any atom is -0.340 e. The molecule has 1 aromatic heterocycles. The lowest BCUT2D eigenvalue weighted by Crippen LogP contribution is -2.52. The molecule has 0 saturated carbocycles. The second-order valence-electron chi connectivity index (χ2n) is 11.0. The third-order valence-corrected chi connectivity index (χ3v) is 10.8. The Kier molecular flexibility index (Phi) is 8.69. The Morgan fingerprint density at radius 3 is 2.40 bits per heavy atom. The van der Waals surface area contributed by atoms with Gasteiger partial charge in [-0.3, -0.25) is 4.90 Å². The van der Waals surface area contributed by atoms with Gasteiger partial charge in [-0.05, 0) is 42.3 Å². The number of aromatic nitrogens is 2. The molecule has 2 atom stereocenters. The number of hydrogen-bond donors (Lipinski definition) is 1. The number of likely N-dealkylation sites (N-methyl/N-ethyl adjacent to an activating group) is 1. The number of benzene rings is 3. The van der Waals surface area contributed by atoms with Crippen LogP contribution in [-0.4, -0.2) is 71.4 Å². The zero-order valence-electron chi connectivity index (χ0n) is 24.0. The molecular weight excluding hydrogens is 584 g/mol. The first kappa shape index (κ1) is 29.6. The van der Waals surface area contributed by atoms with Gasteiger partial charge in [-0.1, -0.05) is 78.5 Å². The summed E-state index contributed by atoms with van der Waals surface area (Å²) >= 11 is 1.30. The second-order valence-corrected chi connectivity index (χ2v) is 13.9. The smallest absolute Gasteiger partial charge is 0.245 e. The quantitative estimate of drug-likeness (QED) is 0.291. The molecule has 0 bridgehead atoms. The van der Waals surface area contributed by atoms with Crippen LogP contribution in [0, 0.1) is 5.82 Å². The number of sulfonamides is 1. The second kappa shape index (κ2) is 12.6. The molecule has 0 aliphatic carbocycles. The highest BCUT2D eigenvalue weighted by atomic mass is 32.3. The van der Waals surface area contributed by atoms with Gasteiger partial charge < -0.3 is 14.4 Å². The molecule has 2 aliphatic heterocycles. The summed E-state index contributed by atoms with van der Waals surface area (Å²) in [6.07, 6.45) is 6.14. The third-order valence-electron chi connectivity index (χ3n) is 8.07. The van der Waals surface area contributed by atoms with Crippen LogP contribution < -0.4 is 5.14 Å². The van der Waals surface area contributed by atoms with Gasteiger partial charge in [-0.25, -0.2) is 22.9 Å². The van der Waals surface area contributed by atoms with E-state index in [1.165, 1.54) is 23.9 Å². The fourth-order valence-electron chi connectivity index (χ4n) is 5.77. The van der Waals surface area contributed by atoms with Crippen LogP contribution in [-0.2, 0) is 23.0 Å². The van der Waals surface area contributed by atoms with Crippen molar-refractivity contribution >= 4 is 21.8 Å². The molecule has 11 heteroatoms. The molecule has 8 nitrogen and oxygen atoms in total. The number of imidazole rings is 1. The standard InChI is InChI=1S/C32H35FN6O2S2/c1-36-17-19-37(20-18-36)32-39(22-30(42-32)43(34,40)41)31(25-7-3-2-4-8-25)28-10-6-5-9-27(28)29-21-35-23-38(29)16-15-24-11-13-26(33)14-12-24/h2-14,21-23,31-32H,15-20H2,1H3,(H2,34,40,41). The normalized spacial score (nSPS) is 19.0. The first-order valence-corrected chi connectivity index (χ1v) is 16.7. The summed E-state index contributed by atoms with van der Waals surface area (Å²) in [5, 5.41) is 5.71. The number of thioether (sulfide) groups is 1. The van der Waals surface area contributed by atoms with Crippen LogP contribution in [0.25, 0.3) is 11.3 Å². The van der Waals surface area contributed by atoms with Gasteiger partial charge >= 0.3 is 0 Å². The Balaban J connectivity index is 1.42. The minimum atomic E-state index is -3.90. The summed E-state index contributed by atoms with van der Waals surface area (Å²) in [7, 11) is -1.80. The maximum Gasteiger partial charge on any atom is 0.245 e. The number of aryl methyl sites for hydroxylation is 2. The van der Waals surface area contributed by atoms with Crippen molar-refractivity contribution in [3.63, 3.8) is 0 Å². The van der Waals surface area contributed by atoms with Crippen molar-refractivity contribution in [3.05, 3.63) is 124 Å². The molecule has 3 aromatic carbocycles. The first-order valence-electron chi connectivity index (χ1n) is 14.3. The van der Waals surface area contributed by atoms with Gasteiger partial charge in [-0.2, -0.15) is 0 Å². The summed E-state index contributed by atoms with van der Waals surface area (Å²) < 4.78 is 41.1. The SMILES string of the molecule is CN1CCN(C2SC(S(N)(=O)=O)=CN2C(c2ccccc2)c2ccccc2-c2cncn2CCc2ccc(F)cc2)CC1. The largest absolute Gasteiger partial charge is 0.340 e. The maximum atomic E-state index is 13.5. The molecule has 3 heterocycles. The Morgan fingerprint density at radius 2 is 1.67 bits per heavy atom. The summed E-state index contributed by atoms with van der Waals surface area (Å²) in [5.41, 5.74) is 4.83. The summed E-state index contributed by atoms with van der Waals surface area (Å²) in [6.45, 7) is 4.10. The van der Waals surface area contributed by atoms with Gasteiger partial charge in [0.05, 0.1) is 24.3 Å². The van der Waals surface area contributed by atoms with Gasteiger partial charge in [0, 0.05) is 44.5 Å². The van der Waals surface area contributed by atoms with Gasteiger partial charge in [0.2, 0.25) is 10.0 Å². The van der Waals surface area contributed by atoms with E-state index >= 15 is 0 Å². The van der Waals surface area contributed by atoms with Crippen molar-refractivity contribution in [3.8, 4) is 11.3 Å². The highest BCUT2D eigenvalue weighted by molar-refractivity contribution is 8.18. The zero-order chi connectivity index (χ0) is 30.0. The summed E-state index contributed by atoms with van der Waals surface area (Å²) in [4.78, 5) is 11.3. The van der Waals surface area contributed by atoms with E-state index in [9.17, 15) is 12.8 Å². The third kappa shape index (κ3) is 6.56. The van der Waals surface area contributed by atoms with E-state index in [1.54, 1.807) is 6.20 Å². The van der Waals surface area contributed by atoms with Crippen LogP contribution in [0.15, 0.2) is 102 Å². The van der Waals surface area contributed by atoms with Gasteiger partial charge in [0.1, 0.15) is 15.6 Å². The predicted octanol–water partition coefficient (Wildman–Crippen LogP) is 4.69. The van der Waals surface area contributed by atoms with E-state index in [-0.39, 0.29) is 21.6 Å². The Labute approximate surface area is 256 Å². The van der Waals surface area contributed by atoms with E-state index in [0.717, 1.165) is 60.5 Å². The average molecular weight is 619 g/mol. The van der Waals surface area contributed by atoms with Crippen molar-refractivity contribution < 1.29 is 12.8 Å². The van der Waals surface area contributed by atoms with Crippen LogP contribution in [0.4, 0.5) is 4.39 Å². The highest BCUT2D eigenvalue weighted by Gasteiger charge is 2.40. The lowest BCUT2D eigenvalue weighted by atomic mass is 9.92. The van der Waals surface area contributed by atoms with Crippen molar-refractivity contribution in [2.75, 3.05) is 33.2 Å². The van der Waals surface area contributed by atoms with Gasteiger partial charge in [0.25, 0.3) is 0 Å². The summed E-state index contributed by atoms with van der Waals surface area (Å²) in [6, 6.07) is 24.7. The Hall–Kier alpha value is -3.48. The van der Waals surface area contributed by atoms with E-state index in [4.69, 9.17) is 5.14 Å². The molecule has 2 N–H and O–H groups in total. The van der Waals surface area contributed by atoms with Crippen molar-refractivity contribution in [2.45, 2.75) is 24.5 Å². The lowest BCUT2D eigenvalue weighted by molar-refractivity contribution is 0.0771. The molecular formula is C32H35FN6O2S2. The number of nitrogens with two attached hydrogens (primary N) is 1. The minimum absolute atomic E-state index is 0.166. The van der Waals surface area contributed by atoms with Crippen LogP contribution >= 0.6 is 11.8 Å². The number of nitrogens with zero attached hydrogens (tertiary/aromatic N) is 5. The molecule has 0 amide bonds. The van der Waals surface area contributed by atoms with E-state index in [2.05, 4.69) is 55.6 Å². The lowest BCUT2D eigenvalue weighted by Gasteiger charge is -2.43. The monoisotopic (exact) mass is 618 g/mol. The van der Waals surface area contributed by atoms with Gasteiger partial charge in [-0.15, -0.1) is 0 Å². The molecule has 0 spiro atoms. The fourth-order valence-corrected chi connectivity index (χ4v) is 7.89. The summed E-state index contributed by atoms with van der Waals surface area (Å²) in [5.74, 6) is -0.248. The molecule has 4 aromatic rings. The van der Waals surface area contributed by atoms with Crippen LogP contribution in [0.1, 0.15) is 22.7 Å². The molecule has 1 saturated heterocycles. The van der Waals surface area contributed by atoms with E-state index in [1.807, 2.05) is 55.0 Å². The number of piperazine rings is 1. The maximum absolute atomic E-state index is 13.5. The van der Waals surface area contributed by atoms with Crippen molar-refractivity contribution in [2.24, 2.45) is 5.14 Å². The zero-order valence-corrected chi connectivity index (χ0v) is 25.6. The number of rotatable bonds is 9. The van der Waals surface area contributed by atoms with Crippen LogP contribution in [0.5, 0.6) is 0 Å². The number of primary sulfonamides is 1. The van der Waals surface area contributed by atoms with Crippen LogP contribution in [0.2, 0.25) is 0 Å². The number of halogens is 1. The molecule has 0 radical (unpaired) electrons. The van der Waals surface area contributed by atoms with Crippen LogP contribution in [0.3, 0.4) is 0 Å². The molecule has 2 unspecified atom stereocenters. The molecule has 224 valence electrons. The van der Waals surface area contributed by atoms with Crippen molar-refractivity contribution in [1.29, 1.82) is 0 Å². The Morgan fingerprint density at radius 1 is 0.977 bits per heavy atom.